The van der Waals surface area contributed by atoms with Gasteiger partial charge in [0.15, 0.2) is 5.76 Å². The second-order valence-electron chi connectivity index (χ2n) is 9.40. The Morgan fingerprint density at radius 2 is 1.92 bits per heavy atom. The number of rotatable bonds is 9. The number of thiophene rings is 1. The van der Waals surface area contributed by atoms with Crippen molar-refractivity contribution in [1.29, 1.82) is 0 Å². The summed E-state index contributed by atoms with van der Waals surface area (Å²) in [4.78, 5) is 30.8. The fourth-order valence-electron chi connectivity index (χ4n) is 3.73. The van der Waals surface area contributed by atoms with Gasteiger partial charge in [0.1, 0.15) is 24.1 Å². The third-order valence-electron chi connectivity index (χ3n) is 5.20. The van der Waals surface area contributed by atoms with E-state index in [0.717, 1.165) is 4.88 Å². The minimum Gasteiger partial charge on any atom is -0.494 e. The molecule has 0 aliphatic rings. The van der Waals surface area contributed by atoms with Crippen molar-refractivity contribution in [2.24, 2.45) is 0 Å². The van der Waals surface area contributed by atoms with E-state index in [-0.39, 0.29) is 24.2 Å². The van der Waals surface area contributed by atoms with Crippen molar-refractivity contribution in [3.05, 3.63) is 64.5 Å². The molecule has 1 atom stereocenters. The quantitative estimate of drug-likeness (QED) is 0.347. The molecule has 0 saturated heterocycles. The fraction of sp³-hybridized carbons (Fsp3) is 0.346. The van der Waals surface area contributed by atoms with Gasteiger partial charge in [-0.1, -0.05) is 6.07 Å². The molecule has 0 unspecified atom stereocenters. The van der Waals surface area contributed by atoms with Gasteiger partial charge in [0.05, 0.1) is 6.61 Å². The molecular weight excluding hydrogens is 492 g/mol. The predicted molar refractivity (Wildman–Crippen MR) is 140 cm³/mol. The highest BCUT2D eigenvalue weighted by molar-refractivity contribution is 7.10. The first kappa shape index (κ1) is 26.1. The van der Waals surface area contributed by atoms with E-state index in [0.29, 0.717) is 29.6 Å². The van der Waals surface area contributed by atoms with Crippen LogP contribution in [-0.4, -0.2) is 44.2 Å². The van der Waals surface area contributed by atoms with Gasteiger partial charge >= 0.3 is 0 Å². The largest absolute Gasteiger partial charge is 0.494 e. The van der Waals surface area contributed by atoms with Gasteiger partial charge in [-0.15, -0.1) is 21.5 Å². The van der Waals surface area contributed by atoms with Crippen LogP contribution in [0.2, 0.25) is 0 Å². The van der Waals surface area contributed by atoms with Crippen LogP contribution in [0.3, 0.4) is 0 Å². The molecule has 11 heteroatoms. The summed E-state index contributed by atoms with van der Waals surface area (Å²) in [6.07, 6.45) is 0. The summed E-state index contributed by atoms with van der Waals surface area (Å²) < 4.78 is 11.1. The zero-order chi connectivity index (χ0) is 26.6. The van der Waals surface area contributed by atoms with E-state index in [1.165, 1.54) is 21.0 Å². The minimum atomic E-state index is -0.902. The molecule has 0 saturated carbocycles. The molecule has 4 rings (SSSR count). The molecule has 0 fully saturated rings. The van der Waals surface area contributed by atoms with Crippen molar-refractivity contribution in [3.63, 3.8) is 0 Å². The number of hydrogen-bond donors (Lipinski definition) is 1. The highest BCUT2D eigenvalue weighted by atomic mass is 32.1. The molecule has 0 spiro atoms. The maximum Gasteiger partial charge on any atom is 0.251 e. The Hall–Kier alpha value is -3.99. The molecule has 3 aromatic heterocycles. The van der Waals surface area contributed by atoms with Gasteiger partial charge in [-0.05, 0) is 87.7 Å². The number of hydrogen-bond acceptors (Lipinski definition) is 8. The Kier molecular flexibility index (Phi) is 7.72. The molecule has 0 radical (unpaired) electrons. The van der Waals surface area contributed by atoms with Gasteiger partial charge in [-0.25, -0.2) is 0 Å². The van der Waals surface area contributed by atoms with E-state index in [1.807, 2.05) is 52.1 Å². The van der Waals surface area contributed by atoms with Crippen molar-refractivity contribution < 1.29 is 18.7 Å². The smallest absolute Gasteiger partial charge is 0.251 e. The number of anilines is 1. The summed E-state index contributed by atoms with van der Waals surface area (Å²) in [5, 5.41) is 17.3. The lowest BCUT2D eigenvalue weighted by Gasteiger charge is -2.33. The first-order chi connectivity index (χ1) is 17.6. The molecule has 2 amide bonds. The Bertz CT molecular complexity index is 1340. The number of ether oxygens (including phenoxy) is 1. The molecule has 0 aliphatic carbocycles. The topological polar surface area (TPSA) is 115 Å². The Labute approximate surface area is 219 Å². The van der Waals surface area contributed by atoms with Gasteiger partial charge in [0.25, 0.3) is 5.91 Å². The van der Waals surface area contributed by atoms with Crippen LogP contribution in [0.1, 0.15) is 44.4 Å². The standard InChI is InChI=1S/C26H30N6O4S/c1-6-35-19-12-10-18(11-13-19)32(23(21-8-7-15-37-21)25(34)27-26(3,4)5)22(33)16-31-29-24(28-30-31)20-14-9-17(2)36-20/h7-15,23H,6,16H2,1-5H3,(H,27,34)/t23-/m0/s1. The molecular formula is C26H30N6O4S. The van der Waals surface area contributed by atoms with Crippen molar-refractivity contribution in [2.45, 2.75) is 52.7 Å². The number of carbonyl (C=O) groups is 2. The summed E-state index contributed by atoms with van der Waals surface area (Å²) >= 11 is 1.40. The van der Waals surface area contributed by atoms with Crippen molar-refractivity contribution in [2.75, 3.05) is 11.5 Å². The van der Waals surface area contributed by atoms with Crippen molar-refractivity contribution >= 4 is 28.8 Å². The van der Waals surface area contributed by atoms with Gasteiger partial charge < -0.3 is 14.5 Å². The Morgan fingerprint density at radius 3 is 2.51 bits per heavy atom. The van der Waals surface area contributed by atoms with Gasteiger partial charge in [0, 0.05) is 16.1 Å². The van der Waals surface area contributed by atoms with Crippen molar-refractivity contribution in [3.8, 4) is 17.3 Å². The number of benzene rings is 1. The van der Waals surface area contributed by atoms with Crippen molar-refractivity contribution in [1.82, 2.24) is 25.5 Å². The SMILES string of the molecule is CCOc1ccc(N(C(=O)Cn2nnc(-c3ccc(C)o3)n2)[C@H](C(=O)NC(C)(C)C)c2cccs2)cc1. The first-order valence-corrected chi connectivity index (χ1v) is 12.8. The fourth-order valence-corrected chi connectivity index (χ4v) is 4.54. The molecule has 1 N–H and O–H groups in total. The lowest BCUT2D eigenvalue weighted by molar-refractivity contribution is -0.128. The number of tetrazole rings is 1. The van der Waals surface area contributed by atoms with Crippen LogP contribution in [0.25, 0.3) is 11.6 Å². The molecule has 0 aliphatic heterocycles. The van der Waals surface area contributed by atoms with E-state index < -0.39 is 11.6 Å². The third kappa shape index (κ3) is 6.42. The molecule has 10 nitrogen and oxygen atoms in total. The normalized spacial score (nSPS) is 12.2. The van der Waals surface area contributed by atoms with E-state index in [1.54, 1.807) is 36.4 Å². The average molecular weight is 523 g/mol. The average Bonchev–Trinajstić information content (AvgIpc) is 3.59. The summed E-state index contributed by atoms with van der Waals surface area (Å²) in [6, 6.07) is 13.4. The highest BCUT2D eigenvalue weighted by Crippen LogP contribution is 2.32. The number of aromatic nitrogens is 4. The minimum absolute atomic E-state index is 0.232. The first-order valence-electron chi connectivity index (χ1n) is 11.9. The van der Waals surface area contributed by atoms with Crippen LogP contribution in [0.5, 0.6) is 5.75 Å². The maximum absolute atomic E-state index is 13.8. The van der Waals surface area contributed by atoms with E-state index in [4.69, 9.17) is 9.15 Å². The molecule has 3 heterocycles. The summed E-state index contributed by atoms with van der Waals surface area (Å²) in [5.74, 6) is 1.44. The van der Waals surface area contributed by atoms with Crippen LogP contribution in [0, 0.1) is 6.92 Å². The monoisotopic (exact) mass is 522 g/mol. The maximum atomic E-state index is 13.8. The van der Waals surface area contributed by atoms with Gasteiger partial charge in [-0.3, -0.25) is 14.5 Å². The molecule has 194 valence electrons. The number of nitrogens with zero attached hydrogens (tertiary/aromatic N) is 5. The van der Waals surface area contributed by atoms with E-state index in [9.17, 15) is 9.59 Å². The zero-order valence-electron chi connectivity index (χ0n) is 21.5. The lowest BCUT2D eigenvalue weighted by atomic mass is 10.1. The van der Waals surface area contributed by atoms with Gasteiger partial charge in [0.2, 0.25) is 11.7 Å². The third-order valence-corrected chi connectivity index (χ3v) is 6.13. The van der Waals surface area contributed by atoms with Crippen LogP contribution >= 0.6 is 11.3 Å². The Balaban J connectivity index is 1.70. The van der Waals surface area contributed by atoms with Gasteiger partial charge in [-0.2, -0.15) is 4.80 Å². The lowest BCUT2D eigenvalue weighted by Crippen LogP contribution is -2.50. The van der Waals surface area contributed by atoms with Crippen LogP contribution in [0.4, 0.5) is 5.69 Å². The Morgan fingerprint density at radius 1 is 1.16 bits per heavy atom. The van der Waals surface area contributed by atoms with E-state index >= 15 is 0 Å². The summed E-state index contributed by atoms with van der Waals surface area (Å²) in [5.41, 5.74) is 0.0434. The molecule has 0 bridgehead atoms. The number of carbonyl (C=O) groups excluding carboxylic acids is 2. The zero-order valence-corrected chi connectivity index (χ0v) is 22.3. The molecule has 1 aromatic carbocycles. The number of aryl methyl sites for hydroxylation is 1. The highest BCUT2D eigenvalue weighted by Gasteiger charge is 2.35. The predicted octanol–water partition coefficient (Wildman–Crippen LogP) is 4.39. The number of amides is 2. The second kappa shape index (κ2) is 11.0. The van der Waals surface area contributed by atoms with Crippen LogP contribution < -0.4 is 15.0 Å². The molecule has 4 aromatic rings. The summed E-state index contributed by atoms with van der Waals surface area (Å²) in [7, 11) is 0. The molecule has 37 heavy (non-hydrogen) atoms. The summed E-state index contributed by atoms with van der Waals surface area (Å²) in [6.45, 7) is 9.70. The van der Waals surface area contributed by atoms with Crippen LogP contribution in [-0.2, 0) is 16.1 Å². The second-order valence-corrected chi connectivity index (χ2v) is 10.4. The number of furan rings is 1. The van der Waals surface area contributed by atoms with E-state index in [2.05, 4.69) is 20.7 Å². The van der Waals surface area contributed by atoms with Crippen LogP contribution in [0.15, 0.2) is 58.3 Å². The number of nitrogens with one attached hydrogen (secondary N) is 1.